The number of benzene rings is 1. The summed E-state index contributed by atoms with van der Waals surface area (Å²) < 4.78 is 1.46. The Labute approximate surface area is 86.0 Å². The number of carboxylic acid groups (broad SMARTS) is 1. The van der Waals surface area contributed by atoms with Crippen LogP contribution in [0.5, 0.6) is 0 Å². The van der Waals surface area contributed by atoms with Gasteiger partial charge in [0.25, 0.3) is 0 Å². The molecule has 0 amide bonds. The first-order valence-corrected chi connectivity index (χ1v) is 4.38. The van der Waals surface area contributed by atoms with Crippen LogP contribution in [0.2, 0.25) is 0 Å². The van der Waals surface area contributed by atoms with Crippen LogP contribution in [-0.4, -0.2) is 25.8 Å². The van der Waals surface area contributed by atoms with Gasteiger partial charge in [-0.05, 0) is 18.6 Å². The van der Waals surface area contributed by atoms with Gasteiger partial charge >= 0.3 is 5.97 Å². The van der Waals surface area contributed by atoms with E-state index in [0.29, 0.717) is 5.69 Å². The van der Waals surface area contributed by atoms with Gasteiger partial charge in [-0.3, -0.25) is 0 Å². The molecule has 5 nitrogen and oxygen atoms in total. The molecule has 0 aliphatic heterocycles. The molecule has 0 saturated heterocycles. The number of hydrogen-bond donors (Lipinski definition) is 1. The van der Waals surface area contributed by atoms with Crippen LogP contribution in [0.1, 0.15) is 15.9 Å². The molecule has 0 spiro atoms. The lowest BCUT2D eigenvalue weighted by atomic mass is 10.1. The standard InChI is InChI=1S/C10H9N3O2/c1-7-3-2-4-8(10(14)15)9(7)13-6-11-5-12-13/h2-6H,1H3,(H,14,15). The molecule has 0 aliphatic rings. The first-order chi connectivity index (χ1) is 7.20. The van der Waals surface area contributed by atoms with Gasteiger partial charge in [0.2, 0.25) is 0 Å². The van der Waals surface area contributed by atoms with Crippen molar-refractivity contribution in [2.24, 2.45) is 0 Å². The van der Waals surface area contributed by atoms with Crippen molar-refractivity contribution in [2.45, 2.75) is 6.92 Å². The highest BCUT2D eigenvalue weighted by Gasteiger charge is 2.13. The maximum atomic E-state index is 11.0. The third-order valence-corrected chi connectivity index (χ3v) is 2.12. The van der Waals surface area contributed by atoms with Crippen molar-refractivity contribution in [1.82, 2.24) is 14.8 Å². The van der Waals surface area contributed by atoms with Crippen LogP contribution < -0.4 is 0 Å². The van der Waals surface area contributed by atoms with E-state index in [0.717, 1.165) is 5.56 Å². The maximum Gasteiger partial charge on any atom is 0.337 e. The van der Waals surface area contributed by atoms with Gasteiger partial charge in [0, 0.05) is 0 Å². The number of nitrogens with zero attached hydrogens (tertiary/aromatic N) is 3. The van der Waals surface area contributed by atoms with E-state index in [1.54, 1.807) is 12.1 Å². The minimum Gasteiger partial charge on any atom is -0.478 e. The lowest BCUT2D eigenvalue weighted by Crippen LogP contribution is -2.07. The molecule has 5 heteroatoms. The molecule has 0 radical (unpaired) electrons. The van der Waals surface area contributed by atoms with E-state index >= 15 is 0 Å². The number of carbonyl (C=O) groups is 1. The zero-order chi connectivity index (χ0) is 10.8. The summed E-state index contributed by atoms with van der Waals surface area (Å²) in [6, 6.07) is 5.09. The largest absolute Gasteiger partial charge is 0.478 e. The lowest BCUT2D eigenvalue weighted by Gasteiger charge is -2.08. The zero-order valence-corrected chi connectivity index (χ0v) is 8.08. The second kappa shape index (κ2) is 3.53. The van der Waals surface area contributed by atoms with E-state index in [-0.39, 0.29) is 5.56 Å². The molecule has 15 heavy (non-hydrogen) atoms. The predicted octanol–water partition coefficient (Wildman–Crippen LogP) is 1.27. The SMILES string of the molecule is Cc1cccc(C(=O)O)c1-n1cncn1. The smallest absolute Gasteiger partial charge is 0.337 e. The Hall–Kier alpha value is -2.17. The van der Waals surface area contributed by atoms with Gasteiger partial charge in [-0.15, -0.1) is 0 Å². The number of aromatic nitrogens is 3. The molecule has 1 N–H and O–H groups in total. The van der Waals surface area contributed by atoms with Gasteiger partial charge in [-0.1, -0.05) is 12.1 Å². The molecule has 2 aromatic rings. The highest BCUT2D eigenvalue weighted by Crippen LogP contribution is 2.17. The van der Waals surface area contributed by atoms with Crippen molar-refractivity contribution < 1.29 is 9.90 Å². The second-order valence-electron chi connectivity index (χ2n) is 3.12. The van der Waals surface area contributed by atoms with Crippen LogP contribution in [0.15, 0.2) is 30.9 Å². The number of carboxylic acids is 1. The van der Waals surface area contributed by atoms with Gasteiger partial charge < -0.3 is 5.11 Å². The summed E-state index contributed by atoms with van der Waals surface area (Å²) in [6.07, 6.45) is 2.85. The Balaban J connectivity index is 2.68. The fourth-order valence-corrected chi connectivity index (χ4v) is 1.46. The average Bonchev–Trinajstić information content (AvgIpc) is 2.70. The minimum absolute atomic E-state index is 0.223. The number of rotatable bonds is 2. The number of aromatic carboxylic acids is 1. The molecule has 0 bridgehead atoms. The molecule has 1 aromatic heterocycles. The Morgan fingerprint density at radius 2 is 2.27 bits per heavy atom. The summed E-state index contributed by atoms with van der Waals surface area (Å²) in [6.45, 7) is 1.84. The minimum atomic E-state index is -0.968. The molecule has 0 fully saturated rings. The van der Waals surface area contributed by atoms with Crippen molar-refractivity contribution in [3.05, 3.63) is 42.0 Å². The summed E-state index contributed by atoms with van der Waals surface area (Å²) in [7, 11) is 0. The molecule has 1 heterocycles. The molecule has 0 atom stereocenters. The van der Waals surface area contributed by atoms with E-state index in [2.05, 4.69) is 10.1 Å². The number of aryl methyl sites for hydroxylation is 1. The molecule has 0 aliphatic carbocycles. The van der Waals surface area contributed by atoms with Crippen LogP contribution in [0, 0.1) is 6.92 Å². The Kier molecular flexibility index (Phi) is 2.21. The van der Waals surface area contributed by atoms with Crippen LogP contribution in [0.4, 0.5) is 0 Å². The van der Waals surface area contributed by atoms with E-state index < -0.39 is 5.97 Å². The Bertz CT molecular complexity index is 491. The second-order valence-corrected chi connectivity index (χ2v) is 3.12. The molecular formula is C10H9N3O2. The fourth-order valence-electron chi connectivity index (χ4n) is 1.46. The Morgan fingerprint density at radius 1 is 1.47 bits per heavy atom. The van der Waals surface area contributed by atoms with E-state index in [9.17, 15) is 4.79 Å². The Morgan fingerprint density at radius 3 is 2.87 bits per heavy atom. The van der Waals surface area contributed by atoms with Gasteiger partial charge in [0.05, 0.1) is 11.3 Å². The van der Waals surface area contributed by atoms with E-state index in [1.165, 1.54) is 17.3 Å². The normalized spacial score (nSPS) is 10.2. The zero-order valence-electron chi connectivity index (χ0n) is 8.08. The van der Waals surface area contributed by atoms with Crippen molar-refractivity contribution in [3.63, 3.8) is 0 Å². The van der Waals surface area contributed by atoms with Gasteiger partial charge in [-0.25, -0.2) is 14.5 Å². The van der Waals surface area contributed by atoms with Gasteiger partial charge in [0.1, 0.15) is 12.7 Å². The number of hydrogen-bond acceptors (Lipinski definition) is 3. The van der Waals surface area contributed by atoms with Crippen molar-refractivity contribution in [3.8, 4) is 5.69 Å². The predicted molar refractivity (Wildman–Crippen MR) is 53.1 cm³/mol. The molecule has 0 unspecified atom stereocenters. The first-order valence-electron chi connectivity index (χ1n) is 4.38. The fraction of sp³-hybridized carbons (Fsp3) is 0.100. The van der Waals surface area contributed by atoms with Crippen molar-refractivity contribution in [1.29, 1.82) is 0 Å². The quantitative estimate of drug-likeness (QED) is 0.798. The third-order valence-electron chi connectivity index (χ3n) is 2.12. The molecule has 76 valence electrons. The molecule has 2 rings (SSSR count). The van der Waals surface area contributed by atoms with E-state index in [1.807, 2.05) is 13.0 Å². The van der Waals surface area contributed by atoms with Crippen molar-refractivity contribution >= 4 is 5.97 Å². The summed E-state index contributed by atoms with van der Waals surface area (Å²) in [5.74, 6) is -0.968. The summed E-state index contributed by atoms with van der Waals surface area (Å²) in [4.78, 5) is 14.8. The highest BCUT2D eigenvalue weighted by atomic mass is 16.4. The van der Waals surface area contributed by atoms with Crippen molar-refractivity contribution in [2.75, 3.05) is 0 Å². The highest BCUT2D eigenvalue weighted by molar-refractivity contribution is 5.92. The summed E-state index contributed by atoms with van der Waals surface area (Å²) >= 11 is 0. The van der Waals surface area contributed by atoms with Gasteiger partial charge in [-0.2, -0.15) is 5.10 Å². The average molecular weight is 203 g/mol. The van der Waals surface area contributed by atoms with Crippen LogP contribution >= 0.6 is 0 Å². The van der Waals surface area contributed by atoms with Gasteiger partial charge in [0.15, 0.2) is 0 Å². The monoisotopic (exact) mass is 203 g/mol. The molecule has 1 aromatic carbocycles. The topological polar surface area (TPSA) is 68.0 Å². The summed E-state index contributed by atoms with van der Waals surface area (Å²) in [5.41, 5.74) is 1.63. The lowest BCUT2D eigenvalue weighted by molar-refractivity contribution is 0.0696. The first kappa shape index (κ1) is 9.39. The van der Waals surface area contributed by atoms with Crippen LogP contribution in [-0.2, 0) is 0 Å². The van der Waals surface area contributed by atoms with Crippen LogP contribution in [0.3, 0.4) is 0 Å². The van der Waals surface area contributed by atoms with E-state index in [4.69, 9.17) is 5.11 Å². The summed E-state index contributed by atoms with van der Waals surface area (Å²) in [5, 5.41) is 13.0. The third kappa shape index (κ3) is 1.59. The number of para-hydroxylation sites is 1. The molecule has 0 saturated carbocycles. The maximum absolute atomic E-state index is 11.0. The molecular weight excluding hydrogens is 194 g/mol. The van der Waals surface area contributed by atoms with Crippen LogP contribution in [0.25, 0.3) is 5.69 Å².